The molecule has 0 aliphatic rings. The molecule has 86 valence electrons. The maximum Gasteiger partial charge on any atom is 0.379 e. The Hall–Kier alpha value is -0.940. The van der Waals surface area contributed by atoms with E-state index < -0.39 is 23.1 Å². The average Bonchev–Trinajstić information content (AvgIpc) is 2.24. The topological polar surface area (TPSA) is 43.4 Å². The third-order valence-corrected chi connectivity index (χ3v) is 2.68. The van der Waals surface area contributed by atoms with Crippen molar-refractivity contribution in [2.24, 2.45) is 0 Å². The van der Waals surface area contributed by atoms with Gasteiger partial charge in [-0.3, -0.25) is 4.79 Å². The second kappa shape index (κ2) is 5.41. The number of carbonyl (C=O) groups is 2. The molecule has 16 heavy (non-hydrogen) atoms. The summed E-state index contributed by atoms with van der Waals surface area (Å²) in [6.07, 6.45) is 0. The van der Waals surface area contributed by atoms with E-state index in [1.54, 1.807) is 6.92 Å². The fraction of sp³-hybridized carbons (Fsp3) is 0.200. The van der Waals surface area contributed by atoms with Crippen LogP contribution in [-0.4, -0.2) is 18.4 Å². The summed E-state index contributed by atoms with van der Waals surface area (Å²) in [5.41, 5.74) is -0.411. The van der Waals surface area contributed by atoms with Crippen LogP contribution in [0.15, 0.2) is 16.6 Å². The first kappa shape index (κ1) is 13.1. The normalized spacial score (nSPS) is 10.0. The van der Waals surface area contributed by atoms with Gasteiger partial charge in [0, 0.05) is 4.47 Å². The molecule has 0 unspecified atom stereocenters. The highest BCUT2D eigenvalue weighted by Crippen LogP contribution is 2.26. The van der Waals surface area contributed by atoms with E-state index in [1.807, 2.05) is 0 Å². The van der Waals surface area contributed by atoms with E-state index in [2.05, 4.69) is 20.7 Å². The predicted molar refractivity (Wildman–Crippen MR) is 60.1 cm³/mol. The molecule has 0 saturated heterocycles. The molecule has 0 N–H and O–H groups in total. The summed E-state index contributed by atoms with van der Waals surface area (Å²) in [5.74, 6) is -3.10. The van der Waals surface area contributed by atoms with Crippen molar-refractivity contribution >= 4 is 39.3 Å². The Kier molecular flexibility index (Phi) is 4.44. The van der Waals surface area contributed by atoms with Crippen LogP contribution >= 0.6 is 27.5 Å². The van der Waals surface area contributed by atoms with Gasteiger partial charge in [-0.05, 0) is 35.0 Å². The molecule has 0 radical (unpaired) electrons. The molecule has 3 nitrogen and oxygen atoms in total. The Bertz CT molecular complexity index is 448. The molecule has 0 heterocycles. The Morgan fingerprint density at radius 2 is 2.12 bits per heavy atom. The van der Waals surface area contributed by atoms with Crippen molar-refractivity contribution in [3.63, 3.8) is 0 Å². The Labute approximate surface area is 105 Å². The molecular weight excluding hydrogens is 302 g/mol. The van der Waals surface area contributed by atoms with Gasteiger partial charge in [-0.25, -0.2) is 9.18 Å². The summed E-state index contributed by atoms with van der Waals surface area (Å²) in [6, 6.07) is 2.67. The van der Waals surface area contributed by atoms with Crippen molar-refractivity contribution in [1.29, 1.82) is 0 Å². The first-order valence-electron chi connectivity index (χ1n) is 4.34. The third kappa shape index (κ3) is 2.59. The summed E-state index contributed by atoms with van der Waals surface area (Å²) in [6.45, 7) is 1.60. The van der Waals surface area contributed by atoms with Gasteiger partial charge in [-0.15, -0.1) is 0 Å². The van der Waals surface area contributed by atoms with E-state index in [0.717, 1.165) is 0 Å². The highest BCUT2D eigenvalue weighted by molar-refractivity contribution is 9.10. The molecule has 0 aliphatic carbocycles. The van der Waals surface area contributed by atoms with Gasteiger partial charge in [0.25, 0.3) is 5.78 Å². The zero-order chi connectivity index (χ0) is 12.3. The molecule has 0 bridgehead atoms. The number of esters is 1. The van der Waals surface area contributed by atoms with E-state index >= 15 is 0 Å². The standard InChI is InChI=1S/C10H7BrClFO3/c1-2-16-10(15)9(14)7-5(11)3-4-6(12)8(7)13/h3-4H,2H2,1H3. The summed E-state index contributed by atoms with van der Waals surface area (Å²) >= 11 is 8.49. The van der Waals surface area contributed by atoms with E-state index in [4.69, 9.17) is 11.6 Å². The summed E-state index contributed by atoms with van der Waals surface area (Å²) in [7, 11) is 0. The minimum Gasteiger partial charge on any atom is -0.460 e. The molecule has 0 atom stereocenters. The van der Waals surface area contributed by atoms with Crippen LogP contribution in [0.4, 0.5) is 4.39 Å². The first-order valence-corrected chi connectivity index (χ1v) is 5.51. The number of halogens is 3. The summed E-state index contributed by atoms with van der Waals surface area (Å²) < 4.78 is 18.2. The Morgan fingerprint density at radius 1 is 1.50 bits per heavy atom. The Balaban J connectivity index is 3.18. The molecule has 0 fully saturated rings. The maximum atomic E-state index is 13.5. The monoisotopic (exact) mass is 308 g/mol. The lowest BCUT2D eigenvalue weighted by Crippen LogP contribution is -2.19. The van der Waals surface area contributed by atoms with E-state index in [0.29, 0.717) is 0 Å². The fourth-order valence-electron chi connectivity index (χ4n) is 1.03. The van der Waals surface area contributed by atoms with Crippen LogP contribution in [0.1, 0.15) is 17.3 Å². The number of ether oxygens (including phenoxy) is 1. The minimum absolute atomic E-state index is 0.0460. The Morgan fingerprint density at radius 3 is 2.69 bits per heavy atom. The second-order valence-electron chi connectivity index (χ2n) is 2.77. The largest absolute Gasteiger partial charge is 0.460 e. The second-order valence-corrected chi connectivity index (χ2v) is 4.03. The number of hydrogen-bond acceptors (Lipinski definition) is 3. The minimum atomic E-state index is -1.11. The molecule has 1 aromatic carbocycles. The number of rotatable bonds is 3. The average molecular weight is 310 g/mol. The molecular formula is C10H7BrClFO3. The van der Waals surface area contributed by atoms with E-state index in [9.17, 15) is 14.0 Å². The van der Waals surface area contributed by atoms with Gasteiger partial charge in [0.15, 0.2) is 5.82 Å². The highest BCUT2D eigenvalue weighted by atomic mass is 79.9. The highest BCUT2D eigenvalue weighted by Gasteiger charge is 2.25. The lowest BCUT2D eigenvalue weighted by atomic mass is 10.1. The van der Waals surface area contributed by atoms with Crippen LogP contribution in [0.25, 0.3) is 0 Å². The van der Waals surface area contributed by atoms with E-state index in [-0.39, 0.29) is 16.1 Å². The van der Waals surface area contributed by atoms with Crippen molar-refractivity contribution in [2.75, 3.05) is 6.61 Å². The van der Waals surface area contributed by atoms with Crippen LogP contribution in [0.5, 0.6) is 0 Å². The summed E-state index contributed by atoms with van der Waals surface area (Å²) in [4.78, 5) is 22.7. The van der Waals surface area contributed by atoms with Crippen molar-refractivity contribution in [3.05, 3.63) is 33.0 Å². The SMILES string of the molecule is CCOC(=O)C(=O)c1c(Br)ccc(Cl)c1F. The predicted octanol–water partition coefficient (Wildman–Crippen LogP) is 2.99. The fourth-order valence-corrected chi connectivity index (χ4v) is 1.68. The molecule has 0 amide bonds. The maximum absolute atomic E-state index is 13.5. The molecule has 1 rings (SSSR count). The number of ketones is 1. The number of Topliss-reactive ketones (excluding diaryl/α,β-unsaturated/α-hetero) is 1. The van der Waals surface area contributed by atoms with Crippen molar-refractivity contribution < 1.29 is 18.7 Å². The number of carbonyl (C=O) groups excluding carboxylic acids is 2. The molecule has 0 spiro atoms. The van der Waals surface area contributed by atoms with Crippen molar-refractivity contribution in [3.8, 4) is 0 Å². The first-order chi connectivity index (χ1) is 7.49. The molecule has 0 aliphatic heterocycles. The van der Waals surface area contributed by atoms with Crippen molar-refractivity contribution in [2.45, 2.75) is 6.92 Å². The molecule has 0 aromatic heterocycles. The van der Waals surface area contributed by atoms with Crippen LogP contribution in [0, 0.1) is 5.82 Å². The van der Waals surface area contributed by atoms with E-state index in [1.165, 1.54) is 12.1 Å². The van der Waals surface area contributed by atoms with Crippen LogP contribution in [-0.2, 0) is 9.53 Å². The zero-order valence-corrected chi connectivity index (χ0v) is 10.6. The van der Waals surface area contributed by atoms with Gasteiger partial charge < -0.3 is 4.74 Å². The van der Waals surface area contributed by atoms with Crippen LogP contribution < -0.4 is 0 Å². The van der Waals surface area contributed by atoms with Gasteiger partial charge >= 0.3 is 5.97 Å². The van der Waals surface area contributed by atoms with Gasteiger partial charge in [0.1, 0.15) is 0 Å². The number of benzene rings is 1. The zero-order valence-electron chi connectivity index (χ0n) is 8.22. The van der Waals surface area contributed by atoms with Gasteiger partial charge in [0.05, 0.1) is 17.2 Å². The van der Waals surface area contributed by atoms with Crippen LogP contribution in [0.3, 0.4) is 0 Å². The van der Waals surface area contributed by atoms with Crippen molar-refractivity contribution in [1.82, 2.24) is 0 Å². The third-order valence-electron chi connectivity index (χ3n) is 1.73. The lowest BCUT2D eigenvalue weighted by molar-refractivity contribution is -0.137. The lowest BCUT2D eigenvalue weighted by Gasteiger charge is -2.05. The molecule has 0 saturated carbocycles. The van der Waals surface area contributed by atoms with Gasteiger partial charge in [-0.2, -0.15) is 0 Å². The molecule has 1 aromatic rings. The van der Waals surface area contributed by atoms with Gasteiger partial charge in [0.2, 0.25) is 0 Å². The van der Waals surface area contributed by atoms with Crippen LogP contribution in [0.2, 0.25) is 5.02 Å². The smallest absolute Gasteiger partial charge is 0.379 e. The molecule has 6 heteroatoms. The van der Waals surface area contributed by atoms with Gasteiger partial charge in [-0.1, -0.05) is 11.6 Å². The quantitative estimate of drug-likeness (QED) is 0.373. The summed E-state index contributed by atoms with van der Waals surface area (Å²) in [5, 5.41) is -0.226. The number of hydrogen-bond donors (Lipinski definition) is 0.